The summed E-state index contributed by atoms with van der Waals surface area (Å²) < 4.78 is 32.2. The fourth-order valence-corrected chi connectivity index (χ4v) is 2.70. The monoisotopic (exact) mass is 293 g/mol. The van der Waals surface area contributed by atoms with Crippen molar-refractivity contribution in [1.29, 1.82) is 0 Å². The molecule has 0 radical (unpaired) electrons. The largest absolute Gasteiger partial charge is 0.494 e. The molecule has 2 rings (SSSR count). The number of pyridine rings is 1. The van der Waals surface area contributed by atoms with Crippen LogP contribution in [0.4, 0.5) is 11.5 Å². The van der Waals surface area contributed by atoms with E-state index >= 15 is 0 Å². The van der Waals surface area contributed by atoms with Gasteiger partial charge in [0.1, 0.15) is 11.6 Å². The van der Waals surface area contributed by atoms with E-state index in [1.54, 1.807) is 24.3 Å². The molecule has 7 heteroatoms. The summed E-state index contributed by atoms with van der Waals surface area (Å²) in [5.74, 6) is 0.748. The molecule has 0 bridgehead atoms. The number of anilines is 2. The molecule has 0 saturated carbocycles. The molecule has 0 fully saturated rings. The number of benzene rings is 1. The molecule has 0 aliphatic carbocycles. The first-order valence-electron chi connectivity index (χ1n) is 5.98. The Bertz CT molecular complexity index is 702. The molecule has 0 spiro atoms. The Labute approximate surface area is 117 Å². The third-order valence-electron chi connectivity index (χ3n) is 2.46. The second-order valence-corrected chi connectivity index (χ2v) is 5.67. The lowest BCUT2D eigenvalue weighted by Gasteiger charge is -2.10. The lowest BCUT2D eigenvalue weighted by molar-refractivity contribution is 0.340. The first-order valence-corrected chi connectivity index (χ1v) is 7.47. The van der Waals surface area contributed by atoms with Crippen LogP contribution in [0.2, 0.25) is 0 Å². The zero-order chi connectivity index (χ0) is 14.6. The van der Waals surface area contributed by atoms with Crippen molar-refractivity contribution >= 4 is 21.5 Å². The second-order valence-electron chi connectivity index (χ2n) is 3.98. The molecule has 106 valence electrons. The molecule has 0 amide bonds. The van der Waals surface area contributed by atoms with Gasteiger partial charge in [0, 0.05) is 18.3 Å². The number of ether oxygens (including phenoxy) is 1. The number of nitrogens with two attached hydrogens (primary N) is 1. The van der Waals surface area contributed by atoms with Crippen molar-refractivity contribution < 1.29 is 13.2 Å². The van der Waals surface area contributed by atoms with Crippen LogP contribution in [-0.2, 0) is 10.0 Å². The number of rotatable bonds is 5. The van der Waals surface area contributed by atoms with E-state index < -0.39 is 10.0 Å². The van der Waals surface area contributed by atoms with Gasteiger partial charge in [0.25, 0.3) is 10.0 Å². The van der Waals surface area contributed by atoms with Crippen molar-refractivity contribution in [3.05, 3.63) is 42.6 Å². The first kappa shape index (κ1) is 14.1. The minimum atomic E-state index is -3.69. The van der Waals surface area contributed by atoms with Gasteiger partial charge in [-0.1, -0.05) is 6.07 Å². The zero-order valence-electron chi connectivity index (χ0n) is 10.9. The highest BCUT2D eigenvalue weighted by molar-refractivity contribution is 7.92. The van der Waals surface area contributed by atoms with Crippen LogP contribution < -0.4 is 15.2 Å². The number of hydrogen-bond acceptors (Lipinski definition) is 5. The molecule has 2 aromatic rings. The Kier molecular flexibility index (Phi) is 4.09. The van der Waals surface area contributed by atoms with Crippen molar-refractivity contribution in [1.82, 2.24) is 4.98 Å². The Morgan fingerprint density at radius 1 is 1.30 bits per heavy atom. The fraction of sp³-hybridized carbons (Fsp3) is 0.154. The summed E-state index contributed by atoms with van der Waals surface area (Å²) in [5.41, 5.74) is 5.91. The first-order chi connectivity index (χ1) is 9.51. The van der Waals surface area contributed by atoms with Crippen LogP contribution in [0.3, 0.4) is 0 Å². The van der Waals surface area contributed by atoms with Crippen LogP contribution in [-0.4, -0.2) is 20.0 Å². The molecule has 0 aliphatic rings. The summed E-state index contributed by atoms with van der Waals surface area (Å²) in [7, 11) is -3.69. The minimum absolute atomic E-state index is 0.0619. The number of nitrogens with zero attached hydrogens (tertiary/aromatic N) is 1. The molecular formula is C13H15N3O3S. The van der Waals surface area contributed by atoms with Crippen molar-refractivity contribution in [3.63, 3.8) is 0 Å². The van der Waals surface area contributed by atoms with Crippen LogP contribution in [0.1, 0.15) is 6.92 Å². The third kappa shape index (κ3) is 3.39. The van der Waals surface area contributed by atoms with E-state index in [0.29, 0.717) is 18.0 Å². The van der Waals surface area contributed by atoms with Gasteiger partial charge in [-0.15, -0.1) is 0 Å². The van der Waals surface area contributed by atoms with Crippen molar-refractivity contribution in [2.75, 3.05) is 17.1 Å². The standard InChI is InChI=1S/C13H15N3O3S/c1-2-19-11-5-3-4-10(8-11)16-20(17,18)12-6-7-15-13(14)9-12/h3-9,16H,2H2,1H3,(H2,14,15). The van der Waals surface area contributed by atoms with E-state index in [-0.39, 0.29) is 10.7 Å². The van der Waals surface area contributed by atoms with Gasteiger partial charge in [0.2, 0.25) is 0 Å². The second kappa shape index (κ2) is 5.79. The van der Waals surface area contributed by atoms with Gasteiger partial charge in [-0.05, 0) is 25.1 Å². The summed E-state index contributed by atoms with van der Waals surface area (Å²) in [6.07, 6.45) is 1.35. The van der Waals surface area contributed by atoms with Crippen LogP contribution in [0, 0.1) is 0 Å². The molecule has 0 unspecified atom stereocenters. The maximum absolute atomic E-state index is 12.2. The number of sulfonamides is 1. The summed E-state index contributed by atoms with van der Waals surface area (Å²) in [6.45, 7) is 2.37. The van der Waals surface area contributed by atoms with Gasteiger partial charge in [0.15, 0.2) is 0 Å². The Balaban J connectivity index is 2.26. The van der Waals surface area contributed by atoms with E-state index in [1.807, 2.05) is 6.92 Å². The normalized spacial score (nSPS) is 11.1. The van der Waals surface area contributed by atoms with E-state index in [0.717, 1.165) is 0 Å². The zero-order valence-corrected chi connectivity index (χ0v) is 11.7. The SMILES string of the molecule is CCOc1cccc(NS(=O)(=O)c2ccnc(N)c2)c1. The highest BCUT2D eigenvalue weighted by Gasteiger charge is 2.14. The van der Waals surface area contributed by atoms with Gasteiger partial charge in [0.05, 0.1) is 17.2 Å². The van der Waals surface area contributed by atoms with Gasteiger partial charge in [-0.3, -0.25) is 4.72 Å². The number of nitrogen functional groups attached to an aromatic ring is 1. The molecule has 0 saturated heterocycles. The summed E-state index contributed by atoms with van der Waals surface area (Å²) in [5, 5.41) is 0. The Morgan fingerprint density at radius 2 is 2.10 bits per heavy atom. The highest BCUT2D eigenvalue weighted by Crippen LogP contribution is 2.21. The smallest absolute Gasteiger partial charge is 0.262 e. The average Bonchev–Trinajstić information content (AvgIpc) is 2.39. The molecule has 1 aromatic carbocycles. The Morgan fingerprint density at radius 3 is 2.80 bits per heavy atom. The topological polar surface area (TPSA) is 94.3 Å². The number of aromatic nitrogens is 1. The van der Waals surface area contributed by atoms with Crippen LogP contribution >= 0.6 is 0 Å². The predicted octanol–water partition coefficient (Wildman–Crippen LogP) is 1.86. The van der Waals surface area contributed by atoms with Gasteiger partial charge >= 0.3 is 0 Å². The lowest BCUT2D eigenvalue weighted by atomic mass is 10.3. The van der Waals surface area contributed by atoms with Crippen molar-refractivity contribution in [3.8, 4) is 5.75 Å². The van der Waals surface area contributed by atoms with Gasteiger partial charge < -0.3 is 10.5 Å². The minimum Gasteiger partial charge on any atom is -0.494 e. The Hall–Kier alpha value is -2.28. The predicted molar refractivity (Wildman–Crippen MR) is 77.1 cm³/mol. The maximum Gasteiger partial charge on any atom is 0.262 e. The number of nitrogens with one attached hydrogen (secondary N) is 1. The third-order valence-corrected chi connectivity index (χ3v) is 3.84. The van der Waals surface area contributed by atoms with Gasteiger partial charge in [-0.2, -0.15) is 0 Å². The fourth-order valence-electron chi connectivity index (χ4n) is 1.63. The van der Waals surface area contributed by atoms with Crippen molar-refractivity contribution in [2.24, 2.45) is 0 Å². The van der Waals surface area contributed by atoms with E-state index in [4.69, 9.17) is 10.5 Å². The molecule has 3 N–H and O–H groups in total. The van der Waals surface area contributed by atoms with Crippen LogP contribution in [0.25, 0.3) is 0 Å². The average molecular weight is 293 g/mol. The highest BCUT2D eigenvalue weighted by atomic mass is 32.2. The molecule has 0 atom stereocenters. The van der Waals surface area contributed by atoms with Crippen LogP contribution in [0.5, 0.6) is 5.75 Å². The van der Waals surface area contributed by atoms with E-state index in [2.05, 4.69) is 9.71 Å². The molecule has 6 nitrogen and oxygen atoms in total. The summed E-state index contributed by atoms with van der Waals surface area (Å²) in [4.78, 5) is 3.83. The lowest BCUT2D eigenvalue weighted by Crippen LogP contribution is -2.13. The van der Waals surface area contributed by atoms with E-state index in [9.17, 15) is 8.42 Å². The molecule has 20 heavy (non-hydrogen) atoms. The van der Waals surface area contributed by atoms with E-state index in [1.165, 1.54) is 18.3 Å². The molecule has 1 heterocycles. The molecular weight excluding hydrogens is 278 g/mol. The number of hydrogen-bond donors (Lipinski definition) is 2. The maximum atomic E-state index is 12.2. The van der Waals surface area contributed by atoms with Gasteiger partial charge in [-0.25, -0.2) is 13.4 Å². The summed E-state index contributed by atoms with van der Waals surface area (Å²) >= 11 is 0. The molecule has 0 aliphatic heterocycles. The molecule has 1 aromatic heterocycles. The quantitative estimate of drug-likeness (QED) is 0.877. The van der Waals surface area contributed by atoms with Crippen LogP contribution in [0.15, 0.2) is 47.5 Å². The summed E-state index contributed by atoms with van der Waals surface area (Å²) in [6, 6.07) is 9.41. The van der Waals surface area contributed by atoms with Crippen molar-refractivity contribution in [2.45, 2.75) is 11.8 Å².